The maximum absolute atomic E-state index is 13.5. The van der Waals surface area contributed by atoms with Gasteiger partial charge in [-0.25, -0.2) is 21.9 Å². The number of nitrogens with one attached hydrogen (secondary N) is 1. The molecule has 7 heteroatoms. The number of sulfonamides is 1. The van der Waals surface area contributed by atoms with Crippen LogP contribution in [0.5, 0.6) is 0 Å². The first-order valence-electron chi connectivity index (χ1n) is 5.17. The molecule has 0 bridgehead atoms. The van der Waals surface area contributed by atoms with Gasteiger partial charge in [0.25, 0.3) is 0 Å². The van der Waals surface area contributed by atoms with E-state index in [1.54, 1.807) is 0 Å². The topological polar surface area (TPSA) is 46.2 Å². The van der Waals surface area contributed by atoms with Crippen molar-refractivity contribution in [3.05, 3.63) is 28.2 Å². The van der Waals surface area contributed by atoms with Crippen molar-refractivity contribution < 1.29 is 17.2 Å². The quantitative estimate of drug-likeness (QED) is 0.918. The lowest BCUT2D eigenvalue weighted by molar-refractivity contribution is 0.407. The predicted octanol–water partition coefficient (Wildman–Crippen LogP) is 3.05. The molecule has 3 nitrogen and oxygen atoms in total. The fourth-order valence-electron chi connectivity index (χ4n) is 1.17. The summed E-state index contributed by atoms with van der Waals surface area (Å²) in [6.07, 6.45) is 0. The summed E-state index contributed by atoms with van der Waals surface area (Å²) >= 11 is 2.86. The van der Waals surface area contributed by atoms with E-state index in [0.29, 0.717) is 6.07 Å². The van der Waals surface area contributed by atoms with Crippen molar-refractivity contribution in [2.45, 2.75) is 25.7 Å². The SMILES string of the molecule is CC(C)(C)CNS(=O)(=O)c1c(F)cc(F)cc1Br. The Balaban J connectivity index is 3.14. The molecule has 1 rings (SSSR count). The van der Waals surface area contributed by atoms with E-state index in [4.69, 9.17) is 0 Å². The molecule has 102 valence electrons. The van der Waals surface area contributed by atoms with Crippen LogP contribution in [0.4, 0.5) is 8.78 Å². The molecule has 0 unspecified atom stereocenters. The molecule has 0 atom stereocenters. The third-order valence-electron chi connectivity index (χ3n) is 2.02. The van der Waals surface area contributed by atoms with Crippen LogP contribution in [0.3, 0.4) is 0 Å². The largest absolute Gasteiger partial charge is 0.244 e. The van der Waals surface area contributed by atoms with Gasteiger partial charge >= 0.3 is 0 Å². The van der Waals surface area contributed by atoms with E-state index in [9.17, 15) is 17.2 Å². The van der Waals surface area contributed by atoms with Gasteiger partial charge < -0.3 is 0 Å². The second-order valence-electron chi connectivity index (χ2n) is 5.08. The second-order valence-corrected chi connectivity index (χ2v) is 7.64. The van der Waals surface area contributed by atoms with E-state index in [0.717, 1.165) is 6.07 Å². The van der Waals surface area contributed by atoms with Crippen molar-refractivity contribution in [3.63, 3.8) is 0 Å². The molecule has 0 aromatic heterocycles. The Morgan fingerprint density at radius 3 is 2.28 bits per heavy atom. The molecule has 0 saturated carbocycles. The summed E-state index contributed by atoms with van der Waals surface area (Å²) < 4.78 is 52.4. The zero-order chi connectivity index (χ0) is 14.1. The van der Waals surface area contributed by atoms with Crippen molar-refractivity contribution >= 4 is 26.0 Å². The Hall–Kier alpha value is -0.530. The van der Waals surface area contributed by atoms with Crippen LogP contribution in [0.15, 0.2) is 21.5 Å². The van der Waals surface area contributed by atoms with Gasteiger partial charge in [0.15, 0.2) is 0 Å². The van der Waals surface area contributed by atoms with Gasteiger partial charge in [-0.15, -0.1) is 0 Å². The van der Waals surface area contributed by atoms with E-state index in [1.807, 2.05) is 20.8 Å². The van der Waals surface area contributed by atoms with Crippen molar-refractivity contribution in [2.75, 3.05) is 6.54 Å². The Labute approximate surface area is 114 Å². The Bertz CT molecular complexity index is 530. The summed E-state index contributed by atoms with van der Waals surface area (Å²) in [6.45, 7) is 5.67. The van der Waals surface area contributed by atoms with Crippen LogP contribution in [-0.4, -0.2) is 15.0 Å². The molecule has 0 aliphatic carbocycles. The number of hydrogen-bond acceptors (Lipinski definition) is 2. The van der Waals surface area contributed by atoms with E-state index in [1.165, 1.54) is 0 Å². The van der Waals surface area contributed by atoms with Gasteiger partial charge in [0.2, 0.25) is 10.0 Å². The maximum Gasteiger partial charge on any atom is 0.244 e. The summed E-state index contributed by atoms with van der Waals surface area (Å²) in [5.41, 5.74) is -0.282. The maximum atomic E-state index is 13.5. The minimum atomic E-state index is -4.01. The molecule has 0 heterocycles. The molecule has 0 amide bonds. The van der Waals surface area contributed by atoms with Crippen molar-refractivity contribution in [3.8, 4) is 0 Å². The monoisotopic (exact) mass is 341 g/mol. The smallest absolute Gasteiger partial charge is 0.210 e. The average Bonchev–Trinajstić information content (AvgIpc) is 2.11. The summed E-state index contributed by atoms with van der Waals surface area (Å²) in [5, 5.41) is 0. The molecule has 0 fully saturated rings. The zero-order valence-electron chi connectivity index (χ0n) is 10.2. The van der Waals surface area contributed by atoms with E-state index in [2.05, 4.69) is 20.7 Å². The van der Waals surface area contributed by atoms with Gasteiger partial charge in [-0.3, -0.25) is 0 Å². The molecule has 0 aliphatic heterocycles. The first-order valence-corrected chi connectivity index (χ1v) is 7.45. The molecule has 1 N–H and O–H groups in total. The Morgan fingerprint density at radius 1 is 1.28 bits per heavy atom. The van der Waals surface area contributed by atoms with Crippen LogP contribution >= 0.6 is 15.9 Å². The summed E-state index contributed by atoms with van der Waals surface area (Å²) in [4.78, 5) is -0.576. The van der Waals surface area contributed by atoms with Crippen LogP contribution in [0, 0.1) is 17.0 Å². The zero-order valence-corrected chi connectivity index (χ0v) is 12.6. The van der Waals surface area contributed by atoms with Crippen LogP contribution in [-0.2, 0) is 10.0 Å². The fraction of sp³-hybridized carbons (Fsp3) is 0.455. The third kappa shape index (κ3) is 4.00. The summed E-state index contributed by atoms with van der Waals surface area (Å²) in [7, 11) is -4.01. The highest BCUT2D eigenvalue weighted by Crippen LogP contribution is 2.26. The predicted molar refractivity (Wildman–Crippen MR) is 68.7 cm³/mol. The molecule has 0 spiro atoms. The standard InChI is InChI=1S/C11H14BrF2NO2S/c1-11(2,3)6-15-18(16,17)10-8(12)4-7(13)5-9(10)14/h4-5,15H,6H2,1-3H3. The summed E-state index contributed by atoms with van der Waals surface area (Å²) in [6, 6.07) is 1.45. The molecular formula is C11H14BrF2NO2S. The Kier molecular flexibility index (Phi) is 4.51. The minimum absolute atomic E-state index is 0.138. The van der Waals surface area contributed by atoms with Crippen LogP contribution in [0.25, 0.3) is 0 Å². The Morgan fingerprint density at radius 2 is 1.83 bits per heavy atom. The fourth-order valence-corrected chi connectivity index (χ4v) is 3.62. The van der Waals surface area contributed by atoms with Crippen molar-refractivity contribution in [1.82, 2.24) is 4.72 Å². The van der Waals surface area contributed by atoms with Gasteiger partial charge in [0, 0.05) is 17.1 Å². The lowest BCUT2D eigenvalue weighted by atomic mass is 9.98. The van der Waals surface area contributed by atoms with Crippen molar-refractivity contribution in [1.29, 1.82) is 0 Å². The van der Waals surface area contributed by atoms with Crippen LogP contribution in [0.1, 0.15) is 20.8 Å². The highest BCUT2D eigenvalue weighted by molar-refractivity contribution is 9.10. The average molecular weight is 342 g/mol. The van der Waals surface area contributed by atoms with Gasteiger partial charge in [0.05, 0.1) is 0 Å². The molecule has 1 aromatic carbocycles. The van der Waals surface area contributed by atoms with E-state index < -0.39 is 26.6 Å². The summed E-state index contributed by atoms with van der Waals surface area (Å²) in [5.74, 6) is -1.96. The van der Waals surface area contributed by atoms with Gasteiger partial charge in [-0.2, -0.15) is 0 Å². The van der Waals surface area contributed by atoms with E-state index in [-0.39, 0.29) is 16.4 Å². The highest BCUT2D eigenvalue weighted by Gasteiger charge is 2.25. The highest BCUT2D eigenvalue weighted by atomic mass is 79.9. The number of halogens is 3. The van der Waals surface area contributed by atoms with Gasteiger partial charge in [-0.05, 0) is 27.4 Å². The number of hydrogen-bond donors (Lipinski definition) is 1. The molecular weight excluding hydrogens is 328 g/mol. The lowest BCUT2D eigenvalue weighted by Crippen LogP contribution is -2.33. The van der Waals surface area contributed by atoms with Crippen LogP contribution in [0.2, 0.25) is 0 Å². The first-order chi connectivity index (χ1) is 8.03. The van der Waals surface area contributed by atoms with Crippen molar-refractivity contribution in [2.24, 2.45) is 5.41 Å². The molecule has 18 heavy (non-hydrogen) atoms. The van der Waals surface area contributed by atoms with Crippen LogP contribution < -0.4 is 4.72 Å². The minimum Gasteiger partial charge on any atom is -0.210 e. The third-order valence-corrected chi connectivity index (χ3v) is 4.39. The number of benzene rings is 1. The van der Waals surface area contributed by atoms with Gasteiger partial charge in [0.1, 0.15) is 16.5 Å². The normalized spacial score (nSPS) is 12.8. The number of rotatable bonds is 3. The first kappa shape index (κ1) is 15.5. The second kappa shape index (κ2) is 5.22. The molecule has 1 aromatic rings. The molecule has 0 saturated heterocycles. The van der Waals surface area contributed by atoms with Gasteiger partial charge in [-0.1, -0.05) is 20.8 Å². The van der Waals surface area contributed by atoms with E-state index >= 15 is 0 Å². The molecule has 0 radical (unpaired) electrons. The molecule has 0 aliphatic rings. The lowest BCUT2D eigenvalue weighted by Gasteiger charge is -2.19.